The molecule has 0 unspecified atom stereocenters. The lowest BCUT2D eigenvalue weighted by atomic mass is 10.0. The molecule has 0 saturated heterocycles. The lowest BCUT2D eigenvalue weighted by molar-refractivity contribution is -0.118. The number of rotatable bonds is 0. The highest BCUT2D eigenvalue weighted by atomic mass is 16.3. The van der Waals surface area contributed by atoms with E-state index in [0.717, 1.165) is 5.56 Å². The van der Waals surface area contributed by atoms with E-state index in [9.17, 15) is 9.90 Å². The molecule has 1 amide bonds. The molecule has 3 heteroatoms. The van der Waals surface area contributed by atoms with Gasteiger partial charge in [0, 0.05) is 13.5 Å². The van der Waals surface area contributed by atoms with Crippen LogP contribution in [0.5, 0.6) is 5.75 Å². The van der Waals surface area contributed by atoms with E-state index < -0.39 is 0 Å². The van der Waals surface area contributed by atoms with Crippen molar-refractivity contribution in [3.8, 4) is 5.75 Å². The van der Waals surface area contributed by atoms with Crippen molar-refractivity contribution in [2.75, 3.05) is 11.9 Å². The third-order valence-electron chi connectivity index (χ3n) is 2.40. The number of carbonyl (C=O) groups excluding carboxylic acids is 1. The zero-order valence-corrected chi connectivity index (χ0v) is 7.41. The van der Waals surface area contributed by atoms with Gasteiger partial charge in [-0.3, -0.25) is 9.90 Å². The molecule has 0 aromatic heterocycles. The molecule has 1 aliphatic rings. The van der Waals surface area contributed by atoms with Crippen LogP contribution in [-0.2, 0) is 16.3 Å². The van der Waals surface area contributed by atoms with Crippen LogP contribution >= 0.6 is 0 Å². The van der Waals surface area contributed by atoms with Crippen LogP contribution in [0.25, 0.3) is 0 Å². The molecule has 1 heterocycles. The Balaban J connectivity index is 2.57. The summed E-state index contributed by atoms with van der Waals surface area (Å²) in [6.07, 6.45) is 1.20. The van der Waals surface area contributed by atoms with Gasteiger partial charge in [0.1, 0.15) is 0 Å². The van der Waals surface area contributed by atoms with Crippen LogP contribution < -0.4 is 4.90 Å². The van der Waals surface area contributed by atoms with Crippen molar-refractivity contribution in [1.82, 2.24) is 0 Å². The number of fused-ring (bicyclic) bond motifs is 1. The Morgan fingerprint density at radius 2 is 2.08 bits per heavy atom. The van der Waals surface area contributed by atoms with Gasteiger partial charge >= 0.3 is 0 Å². The molecule has 0 spiro atoms. The smallest absolute Gasteiger partial charge is 0.227 e. The zero-order valence-electron chi connectivity index (χ0n) is 7.41. The molecule has 0 fully saturated rings. The van der Waals surface area contributed by atoms with E-state index in [4.69, 9.17) is 0 Å². The molecule has 1 aromatic rings. The summed E-state index contributed by atoms with van der Waals surface area (Å²) in [4.78, 5) is 12.8. The number of hydrogen-bond acceptors (Lipinski definition) is 1. The number of para-hydroxylation sites is 1. The number of nitrogens with zero attached hydrogens (tertiary/aromatic N) is 1. The van der Waals surface area contributed by atoms with Crippen molar-refractivity contribution in [3.05, 3.63) is 23.8 Å². The first-order valence-corrected chi connectivity index (χ1v) is 4.25. The van der Waals surface area contributed by atoms with E-state index in [0.29, 0.717) is 18.5 Å². The van der Waals surface area contributed by atoms with Gasteiger partial charge < -0.3 is 4.90 Å². The maximum atomic E-state index is 11.4. The molecule has 1 aliphatic heterocycles. The van der Waals surface area contributed by atoms with Gasteiger partial charge in [0.05, 0.1) is 5.69 Å². The zero-order chi connectivity index (χ0) is 9.42. The van der Waals surface area contributed by atoms with E-state index in [2.05, 4.69) is 0 Å². The summed E-state index contributed by atoms with van der Waals surface area (Å²) in [7, 11) is 1.65. The van der Waals surface area contributed by atoms with Gasteiger partial charge in [-0.05, 0) is 18.1 Å². The van der Waals surface area contributed by atoms with Crippen LogP contribution in [0.3, 0.4) is 0 Å². The molecule has 0 atom stereocenters. The fraction of sp³-hybridized carbons (Fsp3) is 0.300. The highest BCUT2D eigenvalue weighted by Crippen LogP contribution is 2.34. The molecule has 2 rings (SSSR count). The highest BCUT2D eigenvalue weighted by molar-refractivity contribution is 5.97. The van der Waals surface area contributed by atoms with Gasteiger partial charge in [-0.25, -0.2) is 0 Å². The summed E-state index contributed by atoms with van der Waals surface area (Å²) < 4.78 is 0. The summed E-state index contributed by atoms with van der Waals surface area (Å²) in [5.41, 5.74) is 1.54. The molecular formula is C10H10NO2. The Labute approximate surface area is 76.6 Å². The van der Waals surface area contributed by atoms with Gasteiger partial charge in [-0.15, -0.1) is 0 Å². The number of benzene rings is 1. The van der Waals surface area contributed by atoms with Gasteiger partial charge in [0.2, 0.25) is 11.7 Å². The lowest BCUT2D eigenvalue weighted by Gasteiger charge is -2.25. The minimum atomic E-state index is -0.0620. The first kappa shape index (κ1) is 8.10. The van der Waals surface area contributed by atoms with Gasteiger partial charge in [0.25, 0.3) is 0 Å². The van der Waals surface area contributed by atoms with Crippen molar-refractivity contribution in [2.24, 2.45) is 0 Å². The third-order valence-corrected chi connectivity index (χ3v) is 2.40. The van der Waals surface area contributed by atoms with Crippen LogP contribution in [0.1, 0.15) is 12.0 Å². The topological polar surface area (TPSA) is 40.2 Å². The van der Waals surface area contributed by atoms with Crippen molar-refractivity contribution < 1.29 is 9.90 Å². The number of amides is 1. The molecule has 0 aliphatic carbocycles. The Morgan fingerprint density at radius 1 is 1.31 bits per heavy atom. The fourth-order valence-corrected chi connectivity index (χ4v) is 1.68. The standard InChI is InChI=1S/C10H10NO2/c1-11-9(13)6-5-7-3-2-4-8(12)10(7)11/h2-4H,5-6H2,1H3. The van der Waals surface area contributed by atoms with Crippen molar-refractivity contribution in [1.29, 1.82) is 0 Å². The van der Waals surface area contributed by atoms with E-state index in [1.807, 2.05) is 6.07 Å². The Morgan fingerprint density at radius 3 is 2.85 bits per heavy atom. The first-order chi connectivity index (χ1) is 6.20. The SMILES string of the molecule is CN1C(=O)CCc2cccc([O])c21. The number of aryl methyl sites for hydroxylation is 1. The van der Waals surface area contributed by atoms with Gasteiger partial charge in [-0.1, -0.05) is 12.1 Å². The van der Waals surface area contributed by atoms with Crippen LogP contribution in [0.4, 0.5) is 5.69 Å². The molecule has 1 radical (unpaired) electrons. The summed E-state index contributed by atoms with van der Waals surface area (Å²) in [5.74, 6) is -0.0381. The second kappa shape index (κ2) is 2.76. The van der Waals surface area contributed by atoms with Crippen LogP contribution in [0.2, 0.25) is 0 Å². The molecule has 0 N–H and O–H groups in total. The molecular weight excluding hydrogens is 166 g/mol. The molecule has 3 nitrogen and oxygen atoms in total. The largest absolute Gasteiger partial charge is 0.312 e. The average Bonchev–Trinajstić information content (AvgIpc) is 2.12. The summed E-state index contributed by atoms with van der Waals surface area (Å²) >= 11 is 0. The van der Waals surface area contributed by atoms with Gasteiger partial charge in [0.15, 0.2) is 0 Å². The second-order valence-electron chi connectivity index (χ2n) is 3.22. The Bertz CT molecular complexity index is 360. The second-order valence-corrected chi connectivity index (χ2v) is 3.22. The predicted octanol–water partition coefficient (Wildman–Crippen LogP) is 1.74. The first-order valence-electron chi connectivity index (χ1n) is 4.25. The fourth-order valence-electron chi connectivity index (χ4n) is 1.68. The van der Waals surface area contributed by atoms with E-state index in [1.165, 1.54) is 11.0 Å². The Kier molecular flexibility index (Phi) is 1.72. The van der Waals surface area contributed by atoms with Crippen LogP contribution in [-0.4, -0.2) is 13.0 Å². The van der Waals surface area contributed by atoms with Crippen molar-refractivity contribution >= 4 is 11.6 Å². The normalized spacial score (nSPS) is 15.8. The lowest BCUT2D eigenvalue weighted by Crippen LogP contribution is -2.30. The highest BCUT2D eigenvalue weighted by Gasteiger charge is 2.23. The van der Waals surface area contributed by atoms with E-state index in [1.54, 1.807) is 13.1 Å². The van der Waals surface area contributed by atoms with Crippen LogP contribution in [0.15, 0.2) is 18.2 Å². The molecule has 1 aromatic carbocycles. The minimum absolute atomic E-state index is 0.0239. The molecule has 0 saturated carbocycles. The molecule has 13 heavy (non-hydrogen) atoms. The summed E-state index contributed by atoms with van der Waals surface area (Å²) in [6.45, 7) is 0. The van der Waals surface area contributed by atoms with E-state index in [-0.39, 0.29) is 11.7 Å². The summed E-state index contributed by atoms with van der Waals surface area (Å²) in [6, 6.07) is 5.14. The number of hydrogen-bond donors (Lipinski definition) is 0. The van der Waals surface area contributed by atoms with Crippen molar-refractivity contribution in [3.63, 3.8) is 0 Å². The Hall–Kier alpha value is -1.51. The number of carbonyl (C=O) groups is 1. The monoisotopic (exact) mass is 176 g/mol. The average molecular weight is 176 g/mol. The van der Waals surface area contributed by atoms with Crippen molar-refractivity contribution in [2.45, 2.75) is 12.8 Å². The van der Waals surface area contributed by atoms with E-state index >= 15 is 0 Å². The molecule has 0 bridgehead atoms. The van der Waals surface area contributed by atoms with Crippen LogP contribution in [0, 0.1) is 0 Å². The summed E-state index contributed by atoms with van der Waals surface area (Å²) in [5, 5.41) is 11.4. The maximum Gasteiger partial charge on any atom is 0.227 e. The predicted molar refractivity (Wildman–Crippen MR) is 48.3 cm³/mol. The molecule has 67 valence electrons. The minimum Gasteiger partial charge on any atom is -0.312 e. The maximum absolute atomic E-state index is 11.4. The quantitative estimate of drug-likeness (QED) is 0.593. The van der Waals surface area contributed by atoms with Gasteiger partial charge in [-0.2, -0.15) is 0 Å². The third kappa shape index (κ3) is 1.16. The number of anilines is 1.